The maximum absolute atomic E-state index is 8.50. The van der Waals surface area contributed by atoms with Crippen LogP contribution in [-0.2, 0) is 0 Å². The van der Waals surface area contributed by atoms with Gasteiger partial charge in [-0.2, -0.15) is 0 Å². The summed E-state index contributed by atoms with van der Waals surface area (Å²) in [4.78, 5) is 4.29. The number of nitrogens with zero attached hydrogens (tertiary/aromatic N) is 2. The molecular formula is C11H10N2O2. The van der Waals surface area contributed by atoms with Gasteiger partial charge in [0.15, 0.2) is 0 Å². The molecule has 2 aromatic rings. The molecule has 0 saturated heterocycles. The van der Waals surface area contributed by atoms with E-state index in [1.807, 2.05) is 30.3 Å². The van der Waals surface area contributed by atoms with Crippen molar-refractivity contribution in [1.29, 1.82) is 0 Å². The summed E-state index contributed by atoms with van der Waals surface area (Å²) in [7, 11) is 1.53. The maximum Gasteiger partial charge on any atom is 0.222 e. The Bertz CT molecular complexity index is 509. The van der Waals surface area contributed by atoms with Gasteiger partial charge in [-0.15, -0.1) is 0 Å². The molecule has 0 aliphatic heterocycles. The number of hydrogen-bond acceptors (Lipinski definition) is 4. The Kier molecular flexibility index (Phi) is 2.49. The molecule has 1 aromatic heterocycles. The molecular weight excluding hydrogens is 192 g/mol. The molecule has 1 aromatic carbocycles. The smallest absolute Gasteiger partial charge is 0.222 e. The third kappa shape index (κ3) is 1.74. The van der Waals surface area contributed by atoms with Gasteiger partial charge in [-0.25, -0.2) is 4.98 Å². The number of methoxy groups -OCH3 is 1. The van der Waals surface area contributed by atoms with Gasteiger partial charge in [0.2, 0.25) is 5.88 Å². The minimum absolute atomic E-state index is 0.450. The average Bonchev–Trinajstić information content (AvgIpc) is 2.28. The lowest BCUT2D eigenvalue weighted by molar-refractivity contribution is 0.321. The van der Waals surface area contributed by atoms with Gasteiger partial charge in [-0.3, -0.25) is 0 Å². The molecule has 0 atom stereocenters. The topological polar surface area (TPSA) is 54.7 Å². The predicted octanol–water partition coefficient (Wildman–Crippen LogP) is 2.05. The summed E-state index contributed by atoms with van der Waals surface area (Å²) in [6.45, 7) is 0. The Balaban J connectivity index is 2.69. The second kappa shape index (κ2) is 3.96. The summed E-state index contributed by atoms with van der Waals surface area (Å²) >= 11 is 0. The summed E-state index contributed by atoms with van der Waals surface area (Å²) in [5, 5.41) is 12.5. The minimum atomic E-state index is 0.450. The van der Waals surface area contributed by atoms with E-state index in [1.165, 1.54) is 13.3 Å². The molecule has 0 radical (unpaired) electrons. The lowest BCUT2D eigenvalue weighted by Crippen LogP contribution is -1.95. The molecule has 0 amide bonds. The summed E-state index contributed by atoms with van der Waals surface area (Å²) in [6.07, 6.45) is 1.30. The highest BCUT2D eigenvalue weighted by atomic mass is 16.5. The summed E-state index contributed by atoms with van der Waals surface area (Å²) < 4.78 is 5.09. The van der Waals surface area contributed by atoms with Gasteiger partial charge < -0.3 is 9.94 Å². The van der Waals surface area contributed by atoms with Crippen molar-refractivity contribution in [3.8, 4) is 5.88 Å². The Morgan fingerprint density at radius 3 is 2.93 bits per heavy atom. The Morgan fingerprint density at radius 1 is 1.40 bits per heavy atom. The zero-order valence-corrected chi connectivity index (χ0v) is 8.21. The molecule has 0 aliphatic carbocycles. The number of fused-ring (bicyclic) bond motifs is 1. The van der Waals surface area contributed by atoms with E-state index >= 15 is 0 Å². The van der Waals surface area contributed by atoms with Crippen molar-refractivity contribution in [2.45, 2.75) is 0 Å². The van der Waals surface area contributed by atoms with Gasteiger partial charge in [0.25, 0.3) is 0 Å². The van der Waals surface area contributed by atoms with Crippen LogP contribution in [0.15, 0.2) is 35.5 Å². The first-order chi connectivity index (χ1) is 7.35. The van der Waals surface area contributed by atoms with Gasteiger partial charge >= 0.3 is 0 Å². The molecule has 0 bridgehead atoms. The zero-order valence-electron chi connectivity index (χ0n) is 8.21. The van der Waals surface area contributed by atoms with Gasteiger partial charge in [0, 0.05) is 5.39 Å². The molecule has 1 N–H and O–H groups in total. The van der Waals surface area contributed by atoms with E-state index < -0.39 is 0 Å². The Labute approximate surface area is 86.8 Å². The number of ether oxygens (including phenoxy) is 1. The second-order valence-corrected chi connectivity index (χ2v) is 3.02. The van der Waals surface area contributed by atoms with Gasteiger partial charge in [-0.1, -0.05) is 23.4 Å². The minimum Gasteiger partial charge on any atom is -0.481 e. The molecule has 4 nitrogen and oxygen atoms in total. The van der Waals surface area contributed by atoms with Gasteiger partial charge in [-0.05, 0) is 12.1 Å². The first-order valence-electron chi connectivity index (χ1n) is 4.46. The van der Waals surface area contributed by atoms with E-state index in [-0.39, 0.29) is 0 Å². The van der Waals surface area contributed by atoms with Crippen molar-refractivity contribution < 1.29 is 9.94 Å². The molecule has 0 spiro atoms. The molecule has 2 rings (SSSR count). The van der Waals surface area contributed by atoms with Crippen molar-refractivity contribution >= 4 is 17.1 Å². The molecule has 0 unspecified atom stereocenters. The first-order valence-corrected chi connectivity index (χ1v) is 4.46. The normalized spacial score (nSPS) is 11.0. The number of oxime groups is 1. The second-order valence-electron chi connectivity index (χ2n) is 3.02. The number of benzene rings is 1. The SMILES string of the molecule is COc1nc2ccccc2cc1/C=N/O. The van der Waals surface area contributed by atoms with E-state index in [2.05, 4.69) is 10.1 Å². The van der Waals surface area contributed by atoms with Crippen LogP contribution in [-0.4, -0.2) is 23.5 Å². The molecule has 0 saturated carbocycles. The third-order valence-corrected chi connectivity index (χ3v) is 2.11. The van der Waals surface area contributed by atoms with E-state index in [9.17, 15) is 0 Å². The number of hydrogen-bond donors (Lipinski definition) is 1. The molecule has 0 fully saturated rings. The van der Waals surface area contributed by atoms with E-state index in [1.54, 1.807) is 0 Å². The predicted molar refractivity (Wildman–Crippen MR) is 57.7 cm³/mol. The van der Waals surface area contributed by atoms with Crippen molar-refractivity contribution in [1.82, 2.24) is 4.98 Å². The molecule has 0 aliphatic rings. The fourth-order valence-corrected chi connectivity index (χ4v) is 1.43. The van der Waals surface area contributed by atoms with Crippen LogP contribution in [0.5, 0.6) is 5.88 Å². The van der Waals surface area contributed by atoms with Crippen molar-refractivity contribution in [2.24, 2.45) is 5.16 Å². The standard InChI is InChI=1S/C11H10N2O2/c1-15-11-9(7-12-14)6-8-4-2-3-5-10(8)13-11/h2-7,14H,1H3/b12-7+. The lowest BCUT2D eigenvalue weighted by Gasteiger charge is -2.04. The number of rotatable bonds is 2. The van der Waals surface area contributed by atoms with Crippen LogP contribution < -0.4 is 4.74 Å². The summed E-state index contributed by atoms with van der Waals surface area (Å²) in [5.41, 5.74) is 1.50. The van der Waals surface area contributed by atoms with E-state index in [4.69, 9.17) is 9.94 Å². The monoisotopic (exact) mass is 202 g/mol. The number of aromatic nitrogens is 1. The highest BCUT2D eigenvalue weighted by molar-refractivity contribution is 5.90. The number of pyridine rings is 1. The fourth-order valence-electron chi connectivity index (χ4n) is 1.43. The van der Waals surface area contributed by atoms with Crippen molar-refractivity contribution in [3.63, 3.8) is 0 Å². The van der Waals surface area contributed by atoms with Crippen LogP contribution in [0.25, 0.3) is 10.9 Å². The van der Waals surface area contributed by atoms with Crippen LogP contribution in [0.1, 0.15) is 5.56 Å². The third-order valence-electron chi connectivity index (χ3n) is 2.11. The fraction of sp³-hybridized carbons (Fsp3) is 0.0909. The summed E-state index contributed by atoms with van der Waals surface area (Å²) in [5.74, 6) is 0.450. The van der Waals surface area contributed by atoms with Crippen LogP contribution in [0.3, 0.4) is 0 Å². The average molecular weight is 202 g/mol. The Hall–Kier alpha value is -2.10. The molecule has 4 heteroatoms. The maximum atomic E-state index is 8.50. The summed E-state index contributed by atoms with van der Waals surface area (Å²) in [6, 6.07) is 9.54. The van der Waals surface area contributed by atoms with Crippen LogP contribution in [0.2, 0.25) is 0 Å². The van der Waals surface area contributed by atoms with Crippen molar-refractivity contribution in [2.75, 3.05) is 7.11 Å². The molecule has 1 heterocycles. The molecule has 15 heavy (non-hydrogen) atoms. The van der Waals surface area contributed by atoms with Crippen LogP contribution >= 0.6 is 0 Å². The zero-order chi connectivity index (χ0) is 10.7. The van der Waals surface area contributed by atoms with E-state index in [0.717, 1.165) is 10.9 Å². The highest BCUT2D eigenvalue weighted by Crippen LogP contribution is 2.20. The van der Waals surface area contributed by atoms with Crippen molar-refractivity contribution in [3.05, 3.63) is 35.9 Å². The largest absolute Gasteiger partial charge is 0.481 e. The van der Waals surface area contributed by atoms with Crippen LogP contribution in [0, 0.1) is 0 Å². The lowest BCUT2D eigenvalue weighted by atomic mass is 10.1. The Morgan fingerprint density at radius 2 is 2.20 bits per heavy atom. The highest BCUT2D eigenvalue weighted by Gasteiger charge is 2.04. The quantitative estimate of drug-likeness (QED) is 0.460. The number of para-hydroxylation sites is 1. The van der Waals surface area contributed by atoms with Gasteiger partial charge in [0.1, 0.15) is 0 Å². The van der Waals surface area contributed by atoms with Gasteiger partial charge in [0.05, 0.1) is 24.4 Å². The molecule has 76 valence electrons. The first kappa shape index (κ1) is 9.45. The van der Waals surface area contributed by atoms with Crippen LogP contribution in [0.4, 0.5) is 0 Å². The van der Waals surface area contributed by atoms with E-state index in [0.29, 0.717) is 11.4 Å².